The first-order chi connectivity index (χ1) is 14.2. The molecule has 3 aromatic rings. The first-order valence-electron chi connectivity index (χ1n) is 10.5. The minimum atomic E-state index is 0.677. The second-order valence-electron chi connectivity index (χ2n) is 8.12. The van der Waals surface area contributed by atoms with Crippen LogP contribution in [0.15, 0.2) is 33.5 Å². The lowest BCUT2D eigenvalue weighted by molar-refractivity contribution is 0.187. The first-order valence-corrected chi connectivity index (χ1v) is 10.5. The zero-order valence-electron chi connectivity index (χ0n) is 17.1. The van der Waals surface area contributed by atoms with Crippen LogP contribution in [0.2, 0.25) is 0 Å². The lowest BCUT2D eigenvalue weighted by Gasteiger charge is -2.38. The Bertz CT molecular complexity index is 981. The van der Waals surface area contributed by atoms with Crippen molar-refractivity contribution in [3.63, 3.8) is 0 Å². The molecule has 1 saturated heterocycles. The molecule has 0 N–H and O–H groups in total. The van der Waals surface area contributed by atoms with Crippen LogP contribution < -0.4 is 4.90 Å². The number of rotatable bonds is 4. The maximum atomic E-state index is 5.54. The van der Waals surface area contributed by atoms with Crippen LogP contribution in [0.4, 0.5) is 5.95 Å². The van der Waals surface area contributed by atoms with Crippen LogP contribution in [0, 0.1) is 13.8 Å². The van der Waals surface area contributed by atoms with E-state index in [9.17, 15) is 0 Å². The maximum absolute atomic E-state index is 5.54. The van der Waals surface area contributed by atoms with Crippen LogP contribution in [0.3, 0.4) is 0 Å². The van der Waals surface area contributed by atoms with Crippen molar-refractivity contribution >= 4 is 5.95 Å². The predicted octanol–water partition coefficient (Wildman–Crippen LogP) is 4.07. The molecular formula is C22H27N5O2. The van der Waals surface area contributed by atoms with E-state index in [0.29, 0.717) is 5.76 Å². The van der Waals surface area contributed by atoms with E-state index >= 15 is 0 Å². The lowest BCUT2D eigenvalue weighted by atomic mass is 10.1. The second-order valence-corrected chi connectivity index (χ2v) is 8.12. The van der Waals surface area contributed by atoms with Crippen molar-refractivity contribution < 1.29 is 8.94 Å². The van der Waals surface area contributed by atoms with Crippen LogP contribution in [-0.2, 0) is 0 Å². The molecule has 7 heteroatoms. The molecular weight excluding hydrogens is 366 g/mol. The zero-order valence-corrected chi connectivity index (χ0v) is 17.1. The fourth-order valence-corrected chi connectivity index (χ4v) is 4.59. The molecule has 0 radical (unpaired) electrons. The molecule has 3 aromatic heterocycles. The number of hydrogen-bond acceptors (Lipinski definition) is 7. The normalized spacial score (nSPS) is 18.6. The quantitative estimate of drug-likeness (QED) is 0.661. The van der Waals surface area contributed by atoms with Crippen LogP contribution in [0.1, 0.15) is 37.1 Å². The Morgan fingerprint density at radius 1 is 1.03 bits per heavy atom. The number of aromatic nitrogens is 3. The van der Waals surface area contributed by atoms with Gasteiger partial charge in [0.1, 0.15) is 5.76 Å². The standard InChI is InChI=1S/C22H27N5O2/c1-15-13-20(29-25-15)19-14-23-22(24-21(19)18-7-12-28-16(18)2)27-10-8-26(9-11-27)17-5-3-4-6-17/h7,12-14,17H,3-6,8-11H2,1-2H3. The molecule has 1 aliphatic carbocycles. The third-order valence-electron chi connectivity index (χ3n) is 6.22. The molecule has 1 aliphatic heterocycles. The summed E-state index contributed by atoms with van der Waals surface area (Å²) in [6.07, 6.45) is 9.01. The molecule has 1 saturated carbocycles. The van der Waals surface area contributed by atoms with Gasteiger partial charge in [0.15, 0.2) is 5.76 Å². The van der Waals surface area contributed by atoms with Gasteiger partial charge >= 0.3 is 0 Å². The fraction of sp³-hybridized carbons (Fsp3) is 0.500. The Morgan fingerprint density at radius 3 is 2.48 bits per heavy atom. The van der Waals surface area contributed by atoms with E-state index < -0.39 is 0 Å². The molecule has 0 spiro atoms. The maximum Gasteiger partial charge on any atom is 0.225 e. The van der Waals surface area contributed by atoms with E-state index in [2.05, 4.69) is 19.9 Å². The van der Waals surface area contributed by atoms with E-state index in [1.807, 2.05) is 32.2 Å². The summed E-state index contributed by atoms with van der Waals surface area (Å²) in [7, 11) is 0. The molecule has 0 aromatic carbocycles. The highest BCUT2D eigenvalue weighted by Crippen LogP contribution is 2.34. The van der Waals surface area contributed by atoms with Crippen LogP contribution in [0.25, 0.3) is 22.6 Å². The molecule has 152 valence electrons. The minimum Gasteiger partial charge on any atom is -0.469 e. The Labute approximate surface area is 170 Å². The van der Waals surface area contributed by atoms with Crippen LogP contribution in [0.5, 0.6) is 0 Å². The number of furan rings is 1. The topological polar surface area (TPSA) is 71.4 Å². The van der Waals surface area contributed by atoms with E-state index in [4.69, 9.17) is 13.9 Å². The summed E-state index contributed by atoms with van der Waals surface area (Å²) in [6, 6.07) is 4.64. The second kappa shape index (κ2) is 7.63. The SMILES string of the molecule is Cc1cc(-c2cnc(N3CCN(C4CCCC4)CC3)nc2-c2ccoc2C)on1. The molecule has 29 heavy (non-hydrogen) atoms. The molecule has 7 nitrogen and oxygen atoms in total. The van der Waals surface area contributed by atoms with Crippen molar-refractivity contribution in [2.75, 3.05) is 31.1 Å². The summed E-state index contributed by atoms with van der Waals surface area (Å²) in [5, 5.41) is 4.03. The lowest BCUT2D eigenvalue weighted by Crippen LogP contribution is -2.50. The van der Waals surface area contributed by atoms with E-state index in [1.165, 1.54) is 25.7 Å². The van der Waals surface area contributed by atoms with Gasteiger partial charge in [-0.1, -0.05) is 18.0 Å². The van der Waals surface area contributed by atoms with Crippen LogP contribution in [-0.4, -0.2) is 52.2 Å². The van der Waals surface area contributed by atoms with Gasteiger partial charge in [0.05, 0.1) is 23.2 Å². The van der Waals surface area contributed by atoms with E-state index in [-0.39, 0.29) is 0 Å². The Kier molecular flexibility index (Phi) is 4.83. The smallest absolute Gasteiger partial charge is 0.225 e. The van der Waals surface area contributed by atoms with E-state index in [1.54, 1.807) is 6.26 Å². The average molecular weight is 393 g/mol. The third-order valence-corrected chi connectivity index (χ3v) is 6.22. The predicted molar refractivity (Wildman–Crippen MR) is 111 cm³/mol. The van der Waals surface area contributed by atoms with Gasteiger partial charge in [-0.15, -0.1) is 0 Å². The summed E-state index contributed by atoms with van der Waals surface area (Å²) in [5.74, 6) is 2.28. The van der Waals surface area contributed by atoms with Crippen molar-refractivity contribution in [1.82, 2.24) is 20.0 Å². The first kappa shape index (κ1) is 18.4. The molecule has 2 aliphatic rings. The summed E-state index contributed by atoms with van der Waals surface area (Å²) in [6.45, 7) is 7.94. The molecule has 2 fully saturated rings. The van der Waals surface area contributed by atoms with Crippen molar-refractivity contribution in [2.45, 2.75) is 45.6 Å². The van der Waals surface area contributed by atoms with Crippen molar-refractivity contribution in [3.05, 3.63) is 36.0 Å². The highest BCUT2D eigenvalue weighted by molar-refractivity contribution is 5.79. The summed E-state index contributed by atoms with van der Waals surface area (Å²) >= 11 is 0. The summed E-state index contributed by atoms with van der Waals surface area (Å²) in [4.78, 5) is 14.6. The Morgan fingerprint density at radius 2 is 1.83 bits per heavy atom. The van der Waals surface area contributed by atoms with Crippen molar-refractivity contribution in [1.29, 1.82) is 0 Å². The fourth-order valence-electron chi connectivity index (χ4n) is 4.59. The van der Waals surface area contributed by atoms with E-state index in [0.717, 1.165) is 66.4 Å². The number of aryl methyl sites for hydroxylation is 2. The molecule has 4 heterocycles. The highest BCUT2D eigenvalue weighted by atomic mass is 16.5. The van der Waals surface area contributed by atoms with Gasteiger partial charge in [-0.2, -0.15) is 0 Å². The molecule has 0 bridgehead atoms. The molecule has 5 rings (SSSR count). The highest BCUT2D eigenvalue weighted by Gasteiger charge is 2.28. The Hall–Kier alpha value is -2.67. The minimum absolute atomic E-state index is 0.677. The van der Waals surface area contributed by atoms with Gasteiger partial charge < -0.3 is 13.8 Å². The largest absolute Gasteiger partial charge is 0.469 e. The number of anilines is 1. The zero-order chi connectivity index (χ0) is 19.8. The molecule has 0 amide bonds. The molecule has 0 unspecified atom stereocenters. The number of nitrogens with zero attached hydrogens (tertiary/aromatic N) is 5. The number of hydrogen-bond donors (Lipinski definition) is 0. The Balaban J connectivity index is 1.43. The van der Waals surface area contributed by atoms with Crippen molar-refractivity contribution in [2.24, 2.45) is 0 Å². The molecule has 0 atom stereocenters. The van der Waals surface area contributed by atoms with Gasteiger partial charge in [-0.05, 0) is 32.8 Å². The summed E-state index contributed by atoms with van der Waals surface area (Å²) < 4.78 is 11.0. The van der Waals surface area contributed by atoms with Gasteiger partial charge in [0, 0.05) is 50.0 Å². The van der Waals surface area contributed by atoms with Gasteiger partial charge in [0.25, 0.3) is 0 Å². The number of piperazine rings is 1. The third kappa shape index (κ3) is 3.55. The van der Waals surface area contributed by atoms with Gasteiger partial charge in [-0.25, -0.2) is 9.97 Å². The van der Waals surface area contributed by atoms with Gasteiger partial charge in [0.2, 0.25) is 5.95 Å². The van der Waals surface area contributed by atoms with Crippen LogP contribution >= 0.6 is 0 Å². The summed E-state index contributed by atoms with van der Waals surface area (Å²) in [5.41, 5.74) is 3.46. The average Bonchev–Trinajstić information content (AvgIpc) is 3.50. The van der Waals surface area contributed by atoms with Gasteiger partial charge in [-0.3, -0.25) is 4.90 Å². The monoisotopic (exact) mass is 393 g/mol. The van der Waals surface area contributed by atoms with Crippen molar-refractivity contribution in [3.8, 4) is 22.6 Å².